The van der Waals surface area contributed by atoms with Crippen molar-refractivity contribution in [1.29, 1.82) is 0 Å². The lowest BCUT2D eigenvalue weighted by Crippen LogP contribution is -2.29. The number of hydrogen-bond acceptors (Lipinski definition) is 8. The summed E-state index contributed by atoms with van der Waals surface area (Å²) in [5.41, 5.74) is 3.72. The zero-order valence-corrected chi connectivity index (χ0v) is 23.1. The van der Waals surface area contributed by atoms with E-state index in [1.165, 1.54) is 37.6 Å². The Morgan fingerprint density at radius 2 is 1.64 bits per heavy atom. The molecule has 1 aliphatic heterocycles. The normalized spacial score (nSPS) is 16.6. The summed E-state index contributed by atoms with van der Waals surface area (Å²) < 4.78 is 17.5. The van der Waals surface area contributed by atoms with Gasteiger partial charge in [0, 0.05) is 5.56 Å². The van der Waals surface area contributed by atoms with Crippen molar-refractivity contribution in [1.82, 2.24) is 4.98 Å². The first kappa shape index (κ1) is 26.2. The van der Waals surface area contributed by atoms with Crippen LogP contribution < -0.4 is 19.1 Å². The molecule has 4 aromatic rings. The summed E-state index contributed by atoms with van der Waals surface area (Å²) in [6.07, 6.45) is 0.857. The van der Waals surface area contributed by atoms with E-state index < -0.39 is 17.7 Å². The van der Waals surface area contributed by atoms with Gasteiger partial charge in [0.1, 0.15) is 5.76 Å². The Bertz CT molecular complexity index is 1600. The molecule has 39 heavy (non-hydrogen) atoms. The van der Waals surface area contributed by atoms with Crippen molar-refractivity contribution in [2.45, 2.75) is 26.3 Å². The highest BCUT2D eigenvalue weighted by Gasteiger charge is 2.48. The topological polar surface area (TPSA) is 98.2 Å². The second-order valence-electron chi connectivity index (χ2n) is 9.15. The second-order valence-corrected chi connectivity index (χ2v) is 10.2. The summed E-state index contributed by atoms with van der Waals surface area (Å²) >= 11 is 1.32. The average molecular weight is 545 g/mol. The maximum absolute atomic E-state index is 13.6. The molecule has 0 saturated carbocycles. The molecule has 1 N–H and O–H groups in total. The largest absolute Gasteiger partial charge is 0.507 e. The van der Waals surface area contributed by atoms with Crippen molar-refractivity contribution >= 4 is 44.1 Å². The summed E-state index contributed by atoms with van der Waals surface area (Å²) in [6.45, 7) is 3.99. The molecule has 1 amide bonds. The first-order valence-corrected chi connectivity index (χ1v) is 13.2. The number of aliphatic hydroxyl groups is 1. The molecule has 200 valence electrons. The van der Waals surface area contributed by atoms with Crippen LogP contribution >= 0.6 is 11.3 Å². The molecule has 3 aromatic carbocycles. The molecule has 0 unspecified atom stereocenters. The highest BCUT2D eigenvalue weighted by atomic mass is 32.1. The number of anilines is 1. The smallest absolute Gasteiger partial charge is 0.301 e. The number of methoxy groups -OCH3 is 3. The summed E-state index contributed by atoms with van der Waals surface area (Å²) in [7, 11) is 4.47. The van der Waals surface area contributed by atoms with E-state index in [1.807, 2.05) is 37.3 Å². The molecular weight excluding hydrogens is 516 g/mol. The predicted octanol–water partition coefficient (Wildman–Crippen LogP) is 5.82. The molecule has 8 nitrogen and oxygen atoms in total. The fourth-order valence-corrected chi connectivity index (χ4v) is 5.81. The van der Waals surface area contributed by atoms with E-state index in [0.717, 1.165) is 27.8 Å². The van der Waals surface area contributed by atoms with E-state index in [0.29, 0.717) is 33.5 Å². The quantitative estimate of drug-likeness (QED) is 0.178. The van der Waals surface area contributed by atoms with Crippen LogP contribution in [-0.4, -0.2) is 43.1 Å². The first-order chi connectivity index (χ1) is 18.8. The molecule has 1 fully saturated rings. The molecule has 1 aromatic heterocycles. The summed E-state index contributed by atoms with van der Waals surface area (Å²) in [5.74, 6) is -0.790. The zero-order valence-electron chi connectivity index (χ0n) is 22.3. The van der Waals surface area contributed by atoms with E-state index in [9.17, 15) is 14.7 Å². The fourth-order valence-electron chi connectivity index (χ4n) is 4.75. The Morgan fingerprint density at radius 1 is 0.974 bits per heavy atom. The number of ketones is 1. The van der Waals surface area contributed by atoms with Crippen LogP contribution in [0.5, 0.6) is 17.2 Å². The monoisotopic (exact) mass is 544 g/mol. The number of fused-ring (bicyclic) bond motifs is 1. The van der Waals surface area contributed by atoms with Gasteiger partial charge in [-0.1, -0.05) is 54.2 Å². The third-order valence-electron chi connectivity index (χ3n) is 6.83. The van der Waals surface area contributed by atoms with Gasteiger partial charge in [0.2, 0.25) is 5.75 Å². The number of rotatable bonds is 7. The van der Waals surface area contributed by atoms with Crippen molar-refractivity contribution in [2.24, 2.45) is 0 Å². The minimum atomic E-state index is -0.994. The van der Waals surface area contributed by atoms with E-state index >= 15 is 0 Å². The van der Waals surface area contributed by atoms with E-state index in [2.05, 4.69) is 6.92 Å². The number of amides is 1. The molecular formula is C30H28N2O6S. The van der Waals surface area contributed by atoms with Gasteiger partial charge < -0.3 is 19.3 Å². The molecule has 2 heterocycles. The highest BCUT2D eigenvalue weighted by molar-refractivity contribution is 7.22. The number of aliphatic hydroxyl groups excluding tert-OH is 1. The van der Waals surface area contributed by atoms with Crippen molar-refractivity contribution in [2.75, 3.05) is 26.2 Å². The van der Waals surface area contributed by atoms with Gasteiger partial charge in [0.25, 0.3) is 5.78 Å². The van der Waals surface area contributed by atoms with Gasteiger partial charge in [-0.3, -0.25) is 14.5 Å². The molecule has 0 radical (unpaired) electrons. The molecule has 9 heteroatoms. The van der Waals surface area contributed by atoms with Gasteiger partial charge in [0.05, 0.1) is 43.2 Å². The van der Waals surface area contributed by atoms with Crippen molar-refractivity contribution in [3.8, 4) is 17.2 Å². The van der Waals surface area contributed by atoms with Crippen LogP contribution in [0.2, 0.25) is 0 Å². The van der Waals surface area contributed by atoms with E-state index in [-0.39, 0.29) is 11.3 Å². The third-order valence-corrected chi connectivity index (χ3v) is 7.85. The molecule has 5 rings (SSSR count). The average Bonchev–Trinajstić information content (AvgIpc) is 3.49. The molecule has 0 bridgehead atoms. The third kappa shape index (κ3) is 4.48. The van der Waals surface area contributed by atoms with Gasteiger partial charge in [-0.15, -0.1) is 0 Å². The van der Waals surface area contributed by atoms with Crippen LogP contribution in [0.4, 0.5) is 5.13 Å². The second kappa shape index (κ2) is 10.4. The number of aryl methyl sites for hydroxylation is 2. The fraction of sp³-hybridized carbons (Fsp3) is 0.233. The SMILES string of the molecule is CCc1ccc2nc(N3C(=O)C(=O)/C(=C(/O)c4ccc(C)cc4)[C@H]3c3cc(OC)c(OC)c(OC)c3)sc2c1. The van der Waals surface area contributed by atoms with Gasteiger partial charge in [0.15, 0.2) is 16.6 Å². The molecule has 0 aliphatic carbocycles. The maximum atomic E-state index is 13.6. The van der Waals surface area contributed by atoms with Crippen molar-refractivity contribution < 1.29 is 28.9 Å². The maximum Gasteiger partial charge on any atom is 0.301 e. The van der Waals surface area contributed by atoms with Crippen LogP contribution in [0.15, 0.2) is 60.2 Å². The summed E-state index contributed by atoms with van der Waals surface area (Å²) in [6, 6.07) is 15.4. The number of hydrogen-bond donors (Lipinski definition) is 1. The van der Waals surface area contributed by atoms with Crippen LogP contribution in [0.25, 0.3) is 16.0 Å². The zero-order chi connectivity index (χ0) is 27.8. The number of carbonyl (C=O) groups excluding carboxylic acids is 2. The number of nitrogens with zero attached hydrogens (tertiary/aromatic N) is 2. The molecule has 1 saturated heterocycles. The molecule has 1 aliphatic rings. The van der Waals surface area contributed by atoms with E-state index in [4.69, 9.17) is 19.2 Å². The number of ether oxygens (including phenoxy) is 3. The van der Waals surface area contributed by atoms with E-state index in [1.54, 1.807) is 24.3 Å². The highest BCUT2D eigenvalue weighted by Crippen LogP contribution is 2.48. The molecule has 1 atom stereocenters. The predicted molar refractivity (Wildman–Crippen MR) is 151 cm³/mol. The number of thiazole rings is 1. The van der Waals surface area contributed by atoms with Gasteiger partial charge in [-0.25, -0.2) is 4.98 Å². The van der Waals surface area contributed by atoms with Gasteiger partial charge >= 0.3 is 5.91 Å². The lowest BCUT2D eigenvalue weighted by molar-refractivity contribution is -0.132. The van der Waals surface area contributed by atoms with Crippen LogP contribution in [0.3, 0.4) is 0 Å². The summed E-state index contributed by atoms with van der Waals surface area (Å²) in [4.78, 5) is 33.3. The van der Waals surface area contributed by atoms with Crippen molar-refractivity contribution in [3.63, 3.8) is 0 Å². The van der Waals surface area contributed by atoms with Crippen molar-refractivity contribution in [3.05, 3.63) is 82.4 Å². The Hall–Kier alpha value is -4.37. The Morgan fingerprint density at radius 3 is 2.23 bits per heavy atom. The Labute approximate surface area is 230 Å². The molecule has 0 spiro atoms. The lowest BCUT2D eigenvalue weighted by Gasteiger charge is -2.24. The first-order valence-electron chi connectivity index (χ1n) is 12.4. The Kier molecular flexibility index (Phi) is 7.01. The van der Waals surface area contributed by atoms with Crippen LogP contribution in [-0.2, 0) is 16.0 Å². The number of benzene rings is 3. The van der Waals surface area contributed by atoms with Gasteiger partial charge in [-0.2, -0.15) is 0 Å². The van der Waals surface area contributed by atoms with Crippen LogP contribution in [0.1, 0.15) is 35.2 Å². The lowest BCUT2D eigenvalue weighted by atomic mass is 9.94. The minimum Gasteiger partial charge on any atom is -0.507 e. The van der Waals surface area contributed by atoms with Gasteiger partial charge in [-0.05, 0) is 48.7 Å². The number of carbonyl (C=O) groups is 2. The number of aromatic nitrogens is 1. The Balaban J connectivity index is 1.77. The number of Topliss-reactive ketones (excluding diaryl/α,β-unsaturated/α-hetero) is 1. The van der Waals surface area contributed by atoms with Crippen LogP contribution in [0, 0.1) is 6.92 Å². The summed E-state index contributed by atoms with van der Waals surface area (Å²) in [5, 5.41) is 11.8. The standard InChI is InChI=1S/C30H28N2O6S/c1-6-17-9-12-20-23(13-17)39-30(31-20)32-25(19-14-21(36-3)28(38-5)22(15-19)37-4)24(27(34)29(32)35)26(33)18-10-7-16(2)8-11-18/h7-15,25,33H,6H2,1-5H3/b26-24+/t25-/m1/s1. The minimum absolute atomic E-state index is 0.0494.